The Morgan fingerprint density at radius 2 is 2.00 bits per heavy atom. The summed E-state index contributed by atoms with van der Waals surface area (Å²) in [5, 5.41) is 10.2. The zero-order valence-corrected chi connectivity index (χ0v) is 14.1. The van der Waals surface area contributed by atoms with Crippen LogP contribution in [0.1, 0.15) is 12.0 Å². The number of aliphatic hydroxyl groups is 1. The van der Waals surface area contributed by atoms with Gasteiger partial charge in [-0.2, -0.15) is 4.31 Å². The number of aliphatic hydroxyl groups excluding tert-OH is 1. The van der Waals surface area contributed by atoms with Crippen LogP contribution in [0.4, 0.5) is 4.39 Å². The molecule has 8 heteroatoms. The van der Waals surface area contributed by atoms with Crippen molar-refractivity contribution in [2.75, 3.05) is 33.1 Å². The molecule has 0 aromatic heterocycles. The third-order valence-electron chi connectivity index (χ3n) is 4.27. The number of rotatable bonds is 6. The first kappa shape index (κ1) is 18.3. The monoisotopic (exact) mass is 347 g/mol. The minimum absolute atomic E-state index is 0.0846. The van der Waals surface area contributed by atoms with Crippen LogP contribution in [0.5, 0.6) is 0 Å². The molecule has 0 amide bonds. The summed E-state index contributed by atoms with van der Waals surface area (Å²) in [6, 6.07) is 6.10. The lowest BCUT2D eigenvalue weighted by Gasteiger charge is -2.42. The van der Waals surface area contributed by atoms with Gasteiger partial charge in [-0.25, -0.2) is 12.8 Å². The summed E-state index contributed by atoms with van der Waals surface area (Å²) in [6.07, 6.45) is -0.781. The smallest absolute Gasteiger partial charge is 0.214 e. The van der Waals surface area contributed by atoms with Crippen LogP contribution >= 0.6 is 0 Å². The second-order valence-corrected chi connectivity index (χ2v) is 7.59. The van der Waals surface area contributed by atoms with E-state index in [1.807, 2.05) is 0 Å². The number of sulfonamides is 1. The average Bonchev–Trinajstić information content (AvgIpc) is 2.54. The zero-order chi connectivity index (χ0) is 17.1. The third kappa shape index (κ3) is 3.89. The normalized spacial score (nSPS) is 22.2. The van der Waals surface area contributed by atoms with E-state index < -0.39 is 27.7 Å². The maximum absolute atomic E-state index is 13.6. The summed E-state index contributed by atoms with van der Waals surface area (Å²) in [5.74, 6) is -1.82. The van der Waals surface area contributed by atoms with Gasteiger partial charge in [0.2, 0.25) is 10.0 Å². The van der Waals surface area contributed by atoms with Crippen molar-refractivity contribution in [3.05, 3.63) is 35.6 Å². The van der Waals surface area contributed by atoms with Crippen LogP contribution in [0.3, 0.4) is 0 Å². The van der Waals surface area contributed by atoms with Crippen LogP contribution < -0.4 is 0 Å². The highest BCUT2D eigenvalue weighted by Crippen LogP contribution is 2.28. The standard InChI is InChI=1S/C15H22FNO5S/c1-21-15(22-2)8-9-17(11-14(15)18)23(19,20)10-7-12-5-3-4-6-13(12)16/h3-6,14,18H,7-11H2,1-2H3. The molecule has 2 rings (SSSR count). The highest BCUT2D eigenvalue weighted by Gasteiger charge is 2.45. The Balaban J connectivity index is 2.03. The Bertz CT molecular complexity index is 633. The van der Waals surface area contributed by atoms with Crippen molar-refractivity contribution >= 4 is 10.0 Å². The number of benzene rings is 1. The largest absolute Gasteiger partial charge is 0.386 e. The molecule has 1 saturated heterocycles. The Morgan fingerprint density at radius 1 is 1.35 bits per heavy atom. The van der Waals surface area contributed by atoms with Gasteiger partial charge in [0.25, 0.3) is 0 Å². The minimum Gasteiger partial charge on any atom is -0.386 e. The van der Waals surface area contributed by atoms with Gasteiger partial charge in [0.1, 0.15) is 11.9 Å². The first-order valence-electron chi connectivity index (χ1n) is 7.34. The number of halogens is 1. The lowest BCUT2D eigenvalue weighted by atomic mass is 10.0. The molecule has 1 heterocycles. The van der Waals surface area contributed by atoms with Crippen LogP contribution in [-0.2, 0) is 25.9 Å². The molecule has 1 unspecified atom stereocenters. The lowest BCUT2D eigenvalue weighted by Crippen LogP contribution is -2.58. The van der Waals surface area contributed by atoms with Crippen molar-refractivity contribution in [3.8, 4) is 0 Å². The number of aryl methyl sites for hydroxylation is 1. The summed E-state index contributed by atoms with van der Waals surface area (Å²) in [6.45, 7) is 0.0691. The molecule has 1 N–H and O–H groups in total. The van der Waals surface area contributed by atoms with Gasteiger partial charge in [-0.15, -0.1) is 0 Å². The number of hydrogen-bond acceptors (Lipinski definition) is 5. The Kier molecular flexibility index (Phi) is 5.74. The van der Waals surface area contributed by atoms with Crippen molar-refractivity contribution < 1.29 is 27.4 Å². The molecule has 1 aliphatic heterocycles. The summed E-state index contributed by atoms with van der Waals surface area (Å²) in [4.78, 5) is 0. The molecular formula is C15H22FNO5S. The minimum atomic E-state index is -3.60. The number of methoxy groups -OCH3 is 2. The van der Waals surface area contributed by atoms with Gasteiger partial charge >= 0.3 is 0 Å². The summed E-state index contributed by atoms with van der Waals surface area (Å²) >= 11 is 0. The SMILES string of the molecule is COC1(OC)CCN(S(=O)(=O)CCc2ccccc2F)CC1O. The van der Waals surface area contributed by atoms with E-state index in [1.165, 1.54) is 24.6 Å². The Morgan fingerprint density at radius 3 is 2.57 bits per heavy atom. The molecule has 6 nitrogen and oxygen atoms in total. The van der Waals surface area contributed by atoms with Gasteiger partial charge in [-0.05, 0) is 18.1 Å². The molecule has 1 aliphatic rings. The molecule has 1 atom stereocenters. The maximum atomic E-state index is 13.6. The van der Waals surface area contributed by atoms with Crippen LogP contribution in [0, 0.1) is 5.82 Å². The quantitative estimate of drug-likeness (QED) is 0.769. The van der Waals surface area contributed by atoms with E-state index in [9.17, 15) is 17.9 Å². The molecule has 1 aromatic carbocycles. The molecule has 0 aliphatic carbocycles. The lowest BCUT2D eigenvalue weighted by molar-refractivity contribution is -0.273. The summed E-state index contributed by atoms with van der Waals surface area (Å²) in [7, 11) is -0.779. The molecule has 0 bridgehead atoms. The third-order valence-corrected chi connectivity index (χ3v) is 6.10. The van der Waals surface area contributed by atoms with Crippen molar-refractivity contribution in [1.29, 1.82) is 0 Å². The number of ether oxygens (including phenoxy) is 2. The molecule has 0 radical (unpaired) electrons. The first-order valence-corrected chi connectivity index (χ1v) is 8.95. The van der Waals surface area contributed by atoms with Crippen LogP contribution in [0.25, 0.3) is 0 Å². The van der Waals surface area contributed by atoms with Gasteiger partial charge in [0.05, 0.1) is 5.75 Å². The molecule has 130 valence electrons. The fourth-order valence-corrected chi connectivity index (χ4v) is 4.23. The van der Waals surface area contributed by atoms with Crippen molar-refractivity contribution in [3.63, 3.8) is 0 Å². The second-order valence-electron chi connectivity index (χ2n) is 5.50. The van der Waals surface area contributed by atoms with Crippen LogP contribution in [0.15, 0.2) is 24.3 Å². The molecular weight excluding hydrogens is 325 g/mol. The second kappa shape index (κ2) is 7.23. The van der Waals surface area contributed by atoms with Crippen molar-refractivity contribution in [1.82, 2.24) is 4.31 Å². The first-order chi connectivity index (χ1) is 10.8. The topological polar surface area (TPSA) is 76.1 Å². The maximum Gasteiger partial charge on any atom is 0.214 e. The van der Waals surface area contributed by atoms with E-state index in [4.69, 9.17) is 9.47 Å². The van der Waals surface area contributed by atoms with E-state index in [0.29, 0.717) is 5.56 Å². The number of β-amino-alcohol motifs (C(OH)–C–C–N with tert-alkyl or cyclic N) is 1. The van der Waals surface area contributed by atoms with Gasteiger partial charge < -0.3 is 14.6 Å². The molecule has 1 aromatic rings. The van der Waals surface area contributed by atoms with Gasteiger partial charge in [-0.3, -0.25) is 0 Å². The van der Waals surface area contributed by atoms with Crippen molar-refractivity contribution in [2.45, 2.75) is 24.7 Å². The average molecular weight is 347 g/mol. The van der Waals surface area contributed by atoms with E-state index >= 15 is 0 Å². The molecule has 23 heavy (non-hydrogen) atoms. The van der Waals surface area contributed by atoms with Crippen molar-refractivity contribution in [2.24, 2.45) is 0 Å². The van der Waals surface area contributed by atoms with E-state index in [-0.39, 0.29) is 31.7 Å². The van der Waals surface area contributed by atoms with E-state index in [1.54, 1.807) is 18.2 Å². The number of hydrogen-bond donors (Lipinski definition) is 1. The molecule has 0 spiro atoms. The Hall–Kier alpha value is -1.06. The summed E-state index contributed by atoms with van der Waals surface area (Å²) < 4.78 is 50.0. The van der Waals surface area contributed by atoms with Crippen LogP contribution in [0.2, 0.25) is 0 Å². The highest BCUT2D eigenvalue weighted by molar-refractivity contribution is 7.89. The predicted molar refractivity (Wildman–Crippen MR) is 82.8 cm³/mol. The fourth-order valence-electron chi connectivity index (χ4n) is 2.75. The predicted octanol–water partition coefficient (Wildman–Crippen LogP) is 0.754. The molecule has 1 fully saturated rings. The van der Waals surface area contributed by atoms with Gasteiger partial charge in [-0.1, -0.05) is 18.2 Å². The van der Waals surface area contributed by atoms with E-state index in [0.717, 1.165) is 0 Å². The van der Waals surface area contributed by atoms with E-state index in [2.05, 4.69) is 0 Å². The molecule has 0 saturated carbocycles. The Labute approximate surface area is 135 Å². The number of piperidine rings is 1. The fraction of sp³-hybridized carbons (Fsp3) is 0.600. The summed E-state index contributed by atoms with van der Waals surface area (Å²) in [5.41, 5.74) is 0.358. The highest BCUT2D eigenvalue weighted by atomic mass is 32.2. The van der Waals surface area contributed by atoms with Gasteiger partial charge in [0, 0.05) is 33.7 Å². The van der Waals surface area contributed by atoms with Crippen LogP contribution in [-0.4, -0.2) is 62.8 Å². The zero-order valence-electron chi connectivity index (χ0n) is 13.2. The number of nitrogens with zero attached hydrogens (tertiary/aromatic N) is 1. The van der Waals surface area contributed by atoms with Gasteiger partial charge in [0.15, 0.2) is 5.79 Å².